The molecule has 1 aliphatic carbocycles. The summed E-state index contributed by atoms with van der Waals surface area (Å²) in [5.41, 5.74) is 10.3. The molecule has 2 aliphatic heterocycles. The van der Waals surface area contributed by atoms with Gasteiger partial charge in [0.25, 0.3) is 5.91 Å². The van der Waals surface area contributed by atoms with Crippen molar-refractivity contribution in [2.24, 2.45) is 5.73 Å². The van der Waals surface area contributed by atoms with Crippen LogP contribution in [0.2, 0.25) is 0 Å². The molecule has 3 heterocycles. The molecular formula is C37H59N7O. The number of hydrogen-bond donors (Lipinski definition) is 3. The Bertz CT molecular complexity index is 1190. The van der Waals surface area contributed by atoms with Crippen LogP contribution in [0.5, 0.6) is 0 Å². The lowest BCUT2D eigenvalue weighted by atomic mass is 10.00. The van der Waals surface area contributed by atoms with Crippen molar-refractivity contribution in [2.75, 3.05) is 56.5 Å². The number of pyridine rings is 1. The van der Waals surface area contributed by atoms with Gasteiger partial charge in [0, 0.05) is 64.0 Å². The van der Waals surface area contributed by atoms with Crippen molar-refractivity contribution in [1.29, 1.82) is 0 Å². The quantitative estimate of drug-likeness (QED) is 0.248. The van der Waals surface area contributed by atoms with Crippen molar-refractivity contribution in [2.45, 2.75) is 116 Å². The number of rotatable bonds is 12. The average molecular weight is 618 g/mol. The highest BCUT2D eigenvalue weighted by molar-refractivity contribution is 6.00. The van der Waals surface area contributed by atoms with E-state index >= 15 is 0 Å². The van der Waals surface area contributed by atoms with Gasteiger partial charge in [0.05, 0.1) is 5.56 Å². The van der Waals surface area contributed by atoms with Crippen molar-refractivity contribution in [3.63, 3.8) is 0 Å². The summed E-state index contributed by atoms with van der Waals surface area (Å²) in [5, 5.41) is 6.71. The third-order valence-electron chi connectivity index (χ3n) is 10.4. The lowest BCUT2D eigenvalue weighted by Crippen LogP contribution is -2.47. The topological polar surface area (TPSA) is 89.8 Å². The third-order valence-corrected chi connectivity index (χ3v) is 10.4. The maximum Gasteiger partial charge on any atom is 0.255 e. The number of aromatic nitrogens is 1. The number of amides is 1. The molecule has 0 spiro atoms. The predicted molar refractivity (Wildman–Crippen MR) is 187 cm³/mol. The van der Waals surface area contributed by atoms with E-state index in [9.17, 15) is 4.79 Å². The van der Waals surface area contributed by atoms with E-state index in [-0.39, 0.29) is 11.9 Å². The fraction of sp³-hybridized carbons (Fsp3) is 0.676. The van der Waals surface area contributed by atoms with Crippen LogP contribution in [0.4, 0.5) is 11.6 Å². The van der Waals surface area contributed by atoms with E-state index in [1.54, 1.807) is 0 Å². The van der Waals surface area contributed by atoms with Crippen molar-refractivity contribution in [3.05, 3.63) is 52.6 Å². The minimum absolute atomic E-state index is 0.0182. The van der Waals surface area contributed by atoms with E-state index in [2.05, 4.69) is 63.4 Å². The van der Waals surface area contributed by atoms with Crippen LogP contribution in [-0.4, -0.2) is 79.1 Å². The molecule has 0 unspecified atom stereocenters. The highest BCUT2D eigenvalue weighted by atomic mass is 16.1. The smallest absolute Gasteiger partial charge is 0.255 e. The minimum atomic E-state index is -0.0182. The van der Waals surface area contributed by atoms with Crippen LogP contribution in [0, 0.1) is 0 Å². The summed E-state index contributed by atoms with van der Waals surface area (Å²) in [6.07, 6.45) is 13.3. The monoisotopic (exact) mass is 617 g/mol. The van der Waals surface area contributed by atoms with Crippen molar-refractivity contribution in [1.82, 2.24) is 20.1 Å². The number of carbonyl (C=O) groups excluding carboxylic acids is 1. The van der Waals surface area contributed by atoms with Gasteiger partial charge in [-0.25, -0.2) is 4.98 Å². The van der Waals surface area contributed by atoms with Crippen LogP contribution in [0.3, 0.4) is 0 Å². The average Bonchev–Trinajstić information content (AvgIpc) is 3.36. The molecular weight excluding hydrogens is 558 g/mol. The standard InChI is InChI=1S/C37H59N7O/c1-28(2)30-15-13-29(14-16-30)27-44(33-11-7-4-5-8-12-33)36-34(25-31(26-38)35(39-3)41-36)37(45)40-32-17-21-43(22-18-32)24-23-42-19-9-6-10-20-42/h13-16,25,28,32-33H,4-12,17-24,26-27,38H2,1-3H3,(H,39,41)(H,40,45). The molecule has 3 fully saturated rings. The molecule has 2 saturated heterocycles. The molecule has 2 aromatic rings. The number of benzene rings is 1. The van der Waals surface area contributed by atoms with Gasteiger partial charge in [-0.1, -0.05) is 70.2 Å². The zero-order valence-corrected chi connectivity index (χ0v) is 28.3. The summed E-state index contributed by atoms with van der Waals surface area (Å²) in [6, 6.07) is 11.5. The summed E-state index contributed by atoms with van der Waals surface area (Å²) < 4.78 is 0. The van der Waals surface area contributed by atoms with E-state index in [4.69, 9.17) is 10.7 Å². The van der Waals surface area contributed by atoms with Crippen LogP contribution in [0.25, 0.3) is 0 Å². The molecule has 8 nitrogen and oxygen atoms in total. The second-order valence-corrected chi connectivity index (χ2v) is 14.0. The fourth-order valence-corrected chi connectivity index (χ4v) is 7.48. The number of anilines is 2. The Morgan fingerprint density at radius 2 is 1.53 bits per heavy atom. The number of carbonyl (C=O) groups is 1. The zero-order chi connectivity index (χ0) is 31.6. The molecule has 0 bridgehead atoms. The SMILES string of the molecule is CNc1nc(N(Cc2ccc(C(C)C)cc2)C2CCCCCC2)c(C(=O)NC2CCN(CCN3CCCCC3)CC2)cc1CN. The van der Waals surface area contributed by atoms with Crippen LogP contribution >= 0.6 is 0 Å². The Balaban J connectivity index is 1.35. The molecule has 0 atom stereocenters. The number of likely N-dealkylation sites (tertiary alicyclic amines) is 2. The summed E-state index contributed by atoms with van der Waals surface area (Å²) in [5.74, 6) is 2.03. The molecule has 1 aromatic carbocycles. The first-order valence-corrected chi connectivity index (χ1v) is 18.0. The molecule has 5 rings (SSSR count). The summed E-state index contributed by atoms with van der Waals surface area (Å²) in [7, 11) is 1.89. The van der Waals surface area contributed by atoms with Gasteiger partial charge in [-0.3, -0.25) is 4.79 Å². The van der Waals surface area contributed by atoms with Gasteiger partial charge in [0.1, 0.15) is 11.6 Å². The Kier molecular flexibility index (Phi) is 12.5. The lowest BCUT2D eigenvalue weighted by molar-refractivity contribution is 0.0905. The van der Waals surface area contributed by atoms with Gasteiger partial charge in [-0.2, -0.15) is 0 Å². The van der Waals surface area contributed by atoms with Crippen molar-refractivity contribution in [3.8, 4) is 0 Å². The summed E-state index contributed by atoms with van der Waals surface area (Å²) in [4.78, 5) is 27.0. The van der Waals surface area contributed by atoms with Gasteiger partial charge in [0.15, 0.2) is 0 Å². The summed E-state index contributed by atoms with van der Waals surface area (Å²) >= 11 is 0. The molecule has 45 heavy (non-hydrogen) atoms. The Hall–Kier alpha value is -2.68. The van der Waals surface area contributed by atoms with Crippen LogP contribution in [-0.2, 0) is 13.1 Å². The molecule has 1 aromatic heterocycles. The van der Waals surface area contributed by atoms with Crippen LogP contribution < -0.4 is 21.3 Å². The van der Waals surface area contributed by atoms with Gasteiger partial charge >= 0.3 is 0 Å². The van der Waals surface area contributed by atoms with E-state index in [0.29, 0.717) is 24.1 Å². The molecule has 1 saturated carbocycles. The van der Waals surface area contributed by atoms with Gasteiger partial charge in [-0.15, -0.1) is 0 Å². The van der Waals surface area contributed by atoms with E-state index in [1.165, 1.54) is 75.7 Å². The zero-order valence-electron chi connectivity index (χ0n) is 28.3. The number of nitrogens with one attached hydrogen (secondary N) is 2. The first-order valence-electron chi connectivity index (χ1n) is 18.0. The van der Waals surface area contributed by atoms with Gasteiger partial charge in [-0.05, 0) is 74.7 Å². The van der Waals surface area contributed by atoms with Gasteiger partial charge in [0.2, 0.25) is 0 Å². The number of piperidine rings is 2. The van der Waals surface area contributed by atoms with Crippen LogP contribution in [0.15, 0.2) is 30.3 Å². The number of hydrogen-bond acceptors (Lipinski definition) is 7. The fourth-order valence-electron chi connectivity index (χ4n) is 7.48. The van der Waals surface area contributed by atoms with E-state index in [0.717, 1.165) is 69.1 Å². The molecule has 8 heteroatoms. The minimum Gasteiger partial charge on any atom is -0.373 e. The molecule has 4 N–H and O–H groups in total. The Labute approximate surface area is 272 Å². The second-order valence-electron chi connectivity index (χ2n) is 14.0. The first kappa shape index (κ1) is 33.7. The van der Waals surface area contributed by atoms with Gasteiger partial charge < -0.3 is 31.1 Å². The van der Waals surface area contributed by atoms with Crippen molar-refractivity contribution < 1.29 is 4.79 Å². The molecule has 3 aliphatic rings. The molecule has 0 radical (unpaired) electrons. The molecule has 1 amide bonds. The Morgan fingerprint density at radius 1 is 0.911 bits per heavy atom. The highest BCUT2D eigenvalue weighted by Gasteiger charge is 2.29. The lowest BCUT2D eigenvalue weighted by Gasteiger charge is -2.36. The first-order chi connectivity index (χ1) is 21.9. The maximum atomic E-state index is 14.2. The van der Waals surface area contributed by atoms with E-state index in [1.807, 2.05) is 13.1 Å². The Morgan fingerprint density at radius 3 is 2.13 bits per heavy atom. The highest BCUT2D eigenvalue weighted by Crippen LogP contribution is 2.33. The largest absolute Gasteiger partial charge is 0.373 e. The maximum absolute atomic E-state index is 14.2. The van der Waals surface area contributed by atoms with Crippen LogP contribution in [0.1, 0.15) is 117 Å². The molecule has 248 valence electrons. The second kappa shape index (κ2) is 16.8. The number of nitrogens with zero attached hydrogens (tertiary/aromatic N) is 4. The predicted octanol–water partition coefficient (Wildman–Crippen LogP) is 6.11. The normalized spacial score (nSPS) is 19.4. The van der Waals surface area contributed by atoms with Crippen molar-refractivity contribution >= 4 is 17.5 Å². The number of nitrogens with two attached hydrogens (primary N) is 1. The third kappa shape index (κ3) is 9.20. The summed E-state index contributed by atoms with van der Waals surface area (Å²) in [6.45, 7) is 12.4. The van der Waals surface area contributed by atoms with E-state index < -0.39 is 0 Å².